The molecule has 2 N–H and O–H groups in total. The fraction of sp³-hybridized carbons (Fsp3) is 0.105. The van der Waals surface area contributed by atoms with Gasteiger partial charge >= 0.3 is 0 Å². The maximum atomic E-state index is 12.0. The van der Waals surface area contributed by atoms with Gasteiger partial charge in [0, 0.05) is 44.4 Å². The zero-order valence-electron chi connectivity index (χ0n) is 14.9. The molecule has 0 fully saturated rings. The van der Waals surface area contributed by atoms with Crippen LogP contribution in [0.15, 0.2) is 55.1 Å². The highest BCUT2D eigenvalue weighted by Gasteiger charge is 2.16. The van der Waals surface area contributed by atoms with E-state index in [1.54, 1.807) is 55.5 Å². The number of carbonyl (C=O) groups is 1. The van der Waals surface area contributed by atoms with E-state index in [9.17, 15) is 4.79 Å². The van der Waals surface area contributed by atoms with Crippen LogP contribution >= 0.6 is 0 Å². The standard InChI is InChI=1S/C19H17N7O/c1-25(2)19(27)12-6-7-14(22-9-12)13-10-23-18-16(15-5-3-4-8-21-15)17(20)24-26(18)11-13/h3-11H,1-2H3,(H2,20,24). The van der Waals surface area contributed by atoms with Gasteiger partial charge in [-0.25, -0.2) is 9.50 Å². The van der Waals surface area contributed by atoms with Crippen LogP contribution in [0.4, 0.5) is 5.82 Å². The number of rotatable bonds is 3. The van der Waals surface area contributed by atoms with Crippen LogP contribution in [0.5, 0.6) is 0 Å². The maximum absolute atomic E-state index is 12.0. The van der Waals surface area contributed by atoms with Crippen molar-refractivity contribution in [1.29, 1.82) is 0 Å². The van der Waals surface area contributed by atoms with E-state index in [2.05, 4.69) is 20.1 Å². The van der Waals surface area contributed by atoms with Crippen LogP contribution in [0.25, 0.3) is 28.2 Å². The minimum absolute atomic E-state index is 0.0949. The van der Waals surface area contributed by atoms with Crippen LogP contribution in [0.1, 0.15) is 10.4 Å². The molecule has 4 heterocycles. The first-order valence-electron chi connectivity index (χ1n) is 8.28. The van der Waals surface area contributed by atoms with Gasteiger partial charge in [0.2, 0.25) is 0 Å². The quantitative estimate of drug-likeness (QED) is 0.601. The monoisotopic (exact) mass is 359 g/mol. The van der Waals surface area contributed by atoms with Gasteiger partial charge < -0.3 is 10.6 Å². The highest BCUT2D eigenvalue weighted by Crippen LogP contribution is 2.28. The summed E-state index contributed by atoms with van der Waals surface area (Å²) in [6, 6.07) is 9.12. The summed E-state index contributed by atoms with van der Waals surface area (Å²) in [6.45, 7) is 0. The molecule has 4 rings (SSSR count). The Balaban J connectivity index is 1.74. The fourth-order valence-electron chi connectivity index (χ4n) is 2.79. The molecule has 0 spiro atoms. The predicted octanol–water partition coefficient (Wildman–Crippen LogP) is 2.14. The summed E-state index contributed by atoms with van der Waals surface area (Å²) in [4.78, 5) is 26.7. The van der Waals surface area contributed by atoms with E-state index in [1.807, 2.05) is 18.2 Å². The third kappa shape index (κ3) is 2.97. The van der Waals surface area contributed by atoms with Gasteiger partial charge in [-0.1, -0.05) is 6.07 Å². The number of anilines is 1. The Morgan fingerprint density at radius 1 is 1.04 bits per heavy atom. The molecule has 0 radical (unpaired) electrons. The van der Waals surface area contributed by atoms with Crippen LogP contribution in [0.3, 0.4) is 0 Å². The van der Waals surface area contributed by atoms with Gasteiger partial charge in [-0.05, 0) is 24.3 Å². The average Bonchev–Trinajstić information content (AvgIpc) is 3.03. The number of fused-ring (bicyclic) bond motifs is 1. The Morgan fingerprint density at radius 3 is 2.56 bits per heavy atom. The summed E-state index contributed by atoms with van der Waals surface area (Å²) in [6.07, 6.45) is 6.77. The van der Waals surface area contributed by atoms with E-state index in [0.717, 1.165) is 11.3 Å². The molecule has 0 aromatic carbocycles. The van der Waals surface area contributed by atoms with E-state index >= 15 is 0 Å². The third-order valence-corrected chi connectivity index (χ3v) is 4.13. The largest absolute Gasteiger partial charge is 0.382 e. The lowest BCUT2D eigenvalue weighted by atomic mass is 10.1. The topological polar surface area (TPSA) is 102 Å². The third-order valence-electron chi connectivity index (χ3n) is 4.13. The fourth-order valence-corrected chi connectivity index (χ4v) is 2.79. The number of hydrogen-bond donors (Lipinski definition) is 1. The number of aromatic nitrogens is 5. The molecular formula is C19H17N7O. The Labute approximate surface area is 155 Å². The smallest absolute Gasteiger partial charge is 0.254 e. The van der Waals surface area contributed by atoms with Gasteiger partial charge in [-0.15, -0.1) is 5.10 Å². The molecule has 27 heavy (non-hydrogen) atoms. The molecule has 0 unspecified atom stereocenters. The zero-order valence-corrected chi connectivity index (χ0v) is 14.9. The molecular weight excluding hydrogens is 342 g/mol. The van der Waals surface area contributed by atoms with Gasteiger partial charge in [0.15, 0.2) is 11.5 Å². The Bertz CT molecular complexity index is 1120. The number of nitrogen functional groups attached to an aromatic ring is 1. The molecule has 0 saturated heterocycles. The Kier molecular flexibility index (Phi) is 4.00. The van der Waals surface area contributed by atoms with Gasteiger partial charge in [0.25, 0.3) is 5.91 Å². The second kappa shape index (κ2) is 6.49. The SMILES string of the molecule is CN(C)C(=O)c1ccc(-c2cnc3c(-c4ccccn4)c(N)nn3c2)nc1. The molecule has 1 amide bonds. The van der Waals surface area contributed by atoms with E-state index < -0.39 is 0 Å². The van der Waals surface area contributed by atoms with Crippen LogP contribution in [0, 0.1) is 0 Å². The minimum atomic E-state index is -0.0949. The number of carbonyl (C=O) groups excluding carboxylic acids is 1. The summed E-state index contributed by atoms with van der Waals surface area (Å²) in [7, 11) is 3.41. The summed E-state index contributed by atoms with van der Waals surface area (Å²) >= 11 is 0. The van der Waals surface area contributed by atoms with E-state index in [1.165, 1.54) is 4.90 Å². The van der Waals surface area contributed by atoms with Crippen LogP contribution < -0.4 is 5.73 Å². The molecule has 8 heteroatoms. The van der Waals surface area contributed by atoms with E-state index in [0.29, 0.717) is 28.3 Å². The molecule has 0 aliphatic rings. The summed E-state index contributed by atoms with van der Waals surface area (Å²) in [5, 5.41) is 4.35. The van der Waals surface area contributed by atoms with E-state index in [4.69, 9.17) is 5.73 Å². The number of hydrogen-bond acceptors (Lipinski definition) is 6. The maximum Gasteiger partial charge on any atom is 0.254 e. The first kappa shape index (κ1) is 16.6. The van der Waals surface area contributed by atoms with Crippen molar-refractivity contribution in [2.45, 2.75) is 0 Å². The molecule has 0 bridgehead atoms. The average molecular weight is 359 g/mol. The molecule has 0 saturated carbocycles. The zero-order chi connectivity index (χ0) is 19.0. The van der Waals surface area contributed by atoms with Crippen molar-refractivity contribution in [3.63, 3.8) is 0 Å². The number of pyridine rings is 2. The number of nitrogens with two attached hydrogens (primary N) is 1. The first-order valence-corrected chi connectivity index (χ1v) is 8.28. The predicted molar refractivity (Wildman–Crippen MR) is 102 cm³/mol. The van der Waals surface area contributed by atoms with Gasteiger partial charge in [0.05, 0.1) is 22.5 Å². The van der Waals surface area contributed by atoms with Crippen LogP contribution in [0.2, 0.25) is 0 Å². The van der Waals surface area contributed by atoms with Crippen molar-refractivity contribution in [3.8, 4) is 22.5 Å². The van der Waals surface area contributed by atoms with E-state index in [-0.39, 0.29) is 5.91 Å². The molecule has 4 aromatic rings. The molecule has 0 aliphatic carbocycles. The molecule has 4 aromatic heterocycles. The highest BCUT2D eigenvalue weighted by molar-refractivity contribution is 5.93. The normalized spacial score (nSPS) is 10.9. The number of amides is 1. The highest BCUT2D eigenvalue weighted by atomic mass is 16.2. The second-order valence-corrected chi connectivity index (χ2v) is 6.22. The van der Waals surface area contributed by atoms with Crippen LogP contribution in [-0.2, 0) is 0 Å². The van der Waals surface area contributed by atoms with Gasteiger partial charge in [0.1, 0.15) is 0 Å². The van der Waals surface area contributed by atoms with Crippen molar-refractivity contribution >= 4 is 17.4 Å². The summed E-state index contributed by atoms with van der Waals surface area (Å²) in [5.74, 6) is 0.265. The van der Waals surface area contributed by atoms with Crippen molar-refractivity contribution in [2.75, 3.05) is 19.8 Å². The van der Waals surface area contributed by atoms with Crippen molar-refractivity contribution in [1.82, 2.24) is 29.5 Å². The minimum Gasteiger partial charge on any atom is -0.382 e. The molecule has 8 nitrogen and oxygen atoms in total. The summed E-state index contributed by atoms with van der Waals surface area (Å²) in [5.41, 5.74) is 10.1. The molecule has 0 atom stereocenters. The number of nitrogens with zero attached hydrogens (tertiary/aromatic N) is 6. The van der Waals surface area contributed by atoms with Gasteiger partial charge in [-0.2, -0.15) is 0 Å². The second-order valence-electron chi connectivity index (χ2n) is 6.22. The summed E-state index contributed by atoms with van der Waals surface area (Å²) < 4.78 is 1.62. The lowest BCUT2D eigenvalue weighted by Gasteiger charge is -2.10. The van der Waals surface area contributed by atoms with Gasteiger partial charge in [-0.3, -0.25) is 14.8 Å². The van der Waals surface area contributed by atoms with Crippen molar-refractivity contribution < 1.29 is 4.79 Å². The molecule has 134 valence electrons. The van der Waals surface area contributed by atoms with Crippen LogP contribution in [-0.4, -0.2) is 49.5 Å². The lowest BCUT2D eigenvalue weighted by Crippen LogP contribution is -2.21. The lowest BCUT2D eigenvalue weighted by molar-refractivity contribution is 0.0827. The Morgan fingerprint density at radius 2 is 1.89 bits per heavy atom. The van der Waals surface area contributed by atoms with Crippen molar-refractivity contribution in [3.05, 3.63) is 60.7 Å². The van der Waals surface area contributed by atoms with Crippen molar-refractivity contribution in [2.24, 2.45) is 0 Å². The first-order chi connectivity index (χ1) is 13.0. The Hall–Kier alpha value is -3.81. The molecule has 0 aliphatic heterocycles.